The number of furan rings is 1. The van der Waals surface area contributed by atoms with Crippen molar-refractivity contribution >= 4 is 17.7 Å². The number of carbonyl (C=O) groups is 3. The van der Waals surface area contributed by atoms with Gasteiger partial charge in [-0.2, -0.15) is 0 Å². The van der Waals surface area contributed by atoms with Crippen LogP contribution in [0.25, 0.3) is 0 Å². The summed E-state index contributed by atoms with van der Waals surface area (Å²) in [5.41, 5.74) is -2.42. The van der Waals surface area contributed by atoms with Gasteiger partial charge in [0.2, 0.25) is 0 Å². The summed E-state index contributed by atoms with van der Waals surface area (Å²) in [5, 5.41) is 20.8. The van der Waals surface area contributed by atoms with Crippen molar-refractivity contribution < 1.29 is 38.5 Å². The molecule has 1 aromatic heterocycles. The highest BCUT2D eigenvalue weighted by molar-refractivity contribution is 5.93. The number of cyclic esters (lactones) is 1. The highest BCUT2D eigenvalue weighted by Crippen LogP contribution is 2.78. The molecule has 0 aromatic carbocycles. The third-order valence-electron chi connectivity index (χ3n) is 9.91. The summed E-state index contributed by atoms with van der Waals surface area (Å²) in [5.74, 6) is -2.45. The molecule has 8 heteroatoms. The molecule has 2 N–H and O–H groups in total. The minimum atomic E-state index is -1.19. The first-order chi connectivity index (χ1) is 15.9. The molecule has 2 aliphatic carbocycles. The largest absolute Gasteiger partial charge is 0.481 e. The lowest BCUT2D eigenvalue weighted by molar-refractivity contribution is -0.219. The number of Topliss-reactive ketones (excluding diaryl/α,β-unsaturated/α-hetero) is 1. The molecule has 34 heavy (non-hydrogen) atoms. The van der Waals surface area contributed by atoms with E-state index < -0.39 is 64.4 Å². The van der Waals surface area contributed by atoms with Crippen LogP contribution < -0.4 is 0 Å². The van der Waals surface area contributed by atoms with Crippen molar-refractivity contribution in [2.75, 3.05) is 0 Å². The van der Waals surface area contributed by atoms with Crippen LogP contribution in [0.5, 0.6) is 0 Å². The Morgan fingerprint density at radius 3 is 2.56 bits per heavy atom. The van der Waals surface area contributed by atoms with Gasteiger partial charge in [-0.25, -0.2) is 4.79 Å². The topological polar surface area (TPSA) is 127 Å². The first-order valence-corrected chi connectivity index (χ1v) is 11.8. The highest BCUT2D eigenvalue weighted by atomic mass is 16.7. The predicted octanol–water partition coefficient (Wildman–Crippen LogP) is 3.44. The fourth-order valence-electron chi connectivity index (χ4n) is 8.21. The number of hydrogen-bond acceptors (Lipinski definition) is 7. The number of hydrogen-bond donors (Lipinski definition) is 2. The first-order valence-electron chi connectivity index (χ1n) is 11.8. The lowest BCUT2D eigenvalue weighted by Crippen LogP contribution is -2.71. The molecular formula is C26H32O8. The monoisotopic (exact) mass is 472 g/mol. The molecule has 4 fully saturated rings. The predicted molar refractivity (Wildman–Crippen MR) is 118 cm³/mol. The van der Waals surface area contributed by atoms with E-state index in [2.05, 4.69) is 6.58 Å². The van der Waals surface area contributed by atoms with Gasteiger partial charge in [0.05, 0.1) is 30.5 Å². The number of carboxylic acids is 1. The Morgan fingerprint density at radius 2 is 1.97 bits per heavy atom. The molecule has 0 bridgehead atoms. The van der Waals surface area contributed by atoms with Gasteiger partial charge in [0, 0.05) is 22.8 Å². The van der Waals surface area contributed by atoms with Crippen molar-refractivity contribution in [3.63, 3.8) is 0 Å². The molecular weight excluding hydrogens is 440 g/mol. The summed E-state index contributed by atoms with van der Waals surface area (Å²) in [6, 6.07) is 1.76. The van der Waals surface area contributed by atoms with E-state index in [0.29, 0.717) is 18.4 Å². The standard InChI is InChI=1S/C26H32O8/c1-13(2)15-10-18(28)25(5)16(24(15,4)17(27)11-19(29)30)6-8-23(3)20(14-7-9-32-12-14)33-22(31)21-26(23,25)34-21/h7,9,12,15-17,20-21,27H,1,6,8,10-11H2,2-5H3,(H,29,30)/t15-,16+,17-,20-,21+,23-,24-,25-,26+/m0/s1. The van der Waals surface area contributed by atoms with Gasteiger partial charge in [-0.3, -0.25) is 9.59 Å². The average Bonchev–Trinajstić information content (AvgIpc) is 3.32. The number of esters is 1. The average molecular weight is 473 g/mol. The van der Waals surface area contributed by atoms with E-state index in [4.69, 9.17) is 13.9 Å². The van der Waals surface area contributed by atoms with E-state index in [9.17, 15) is 24.6 Å². The van der Waals surface area contributed by atoms with Crippen LogP contribution in [0, 0.1) is 28.1 Å². The molecule has 1 aromatic rings. The maximum atomic E-state index is 14.0. The molecule has 0 amide bonds. The molecule has 8 nitrogen and oxygen atoms in total. The Kier molecular flexibility index (Phi) is 4.83. The molecule has 4 aliphatic rings. The normalized spacial score (nSPS) is 45.9. The van der Waals surface area contributed by atoms with Gasteiger partial charge in [0.25, 0.3) is 0 Å². The summed E-state index contributed by atoms with van der Waals surface area (Å²) >= 11 is 0. The van der Waals surface area contributed by atoms with E-state index >= 15 is 0 Å². The summed E-state index contributed by atoms with van der Waals surface area (Å²) in [7, 11) is 0. The first kappa shape index (κ1) is 23.3. The second-order valence-corrected chi connectivity index (χ2v) is 11.3. The van der Waals surface area contributed by atoms with Crippen LogP contribution in [-0.2, 0) is 23.9 Å². The van der Waals surface area contributed by atoms with Crippen LogP contribution in [0.4, 0.5) is 0 Å². The second-order valence-electron chi connectivity index (χ2n) is 11.3. The highest BCUT2D eigenvalue weighted by Gasteiger charge is 2.88. The van der Waals surface area contributed by atoms with Crippen molar-refractivity contribution in [1.29, 1.82) is 0 Å². The number of carbonyl (C=O) groups excluding carboxylic acids is 2. The minimum Gasteiger partial charge on any atom is -0.481 e. The maximum absolute atomic E-state index is 14.0. The van der Waals surface area contributed by atoms with Crippen LogP contribution in [0.15, 0.2) is 35.2 Å². The Bertz CT molecular complexity index is 1080. The second kappa shape index (κ2) is 7.04. The molecule has 184 valence electrons. The van der Waals surface area contributed by atoms with Crippen LogP contribution >= 0.6 is 0 Å². The van der Waals surface area contributed by atoms with Crippen LogP contribution in [-0.4, -0.2) is 45.7 Å². The van der Waals surface area contributed by atoms with E-state index in [-0.39, 0.29) is 18.1 Å². The van der Waals surface area contributed by atoms with Gasteiger partial charge in [-0.15, -0.1) is 0 Å². The third-order valence-corrected chi connectivity index (χ3v) is 9.91. The van der Waals surface area contributed by atoms with E-state index in [1.165, 1.54) is 6.26 Å². The molecule has 3 heterocycles. The fraction of sp³-hybridized carbons (Fsp3) is 0.654. The molecule has 2 saturated carbocycles. The van der Waals surface area contributed by atoms with Gasteiger partial charge in [0.15, 0.2) is 6.10 Å². The van der Waals surface area contributed by atoms with Crippen molar-refractivity contribution in [1.82, 2.24) is 0 Å². The Hall–Kier alpha value is -2.45. The zero-order chi connectivity index (χ0) is 24.8. The quantitative estimate of drug-likeness (QED) is 0.379. The lowest BCUT2D eigenvalue weighted by atomic mass is 9.37. The molecule has 9 atom stereocenters. The van der Waals surface area contributed by atoms with Gasteiger partial charge < -0.3 is 24.1 Å². The molecule has 0 radical (unpaired) electrons. The summed E-state index contributed by atoms with van der Waals surface area (Å²) in [6.07, 6.45) is 1.14. The minimum absolute atomic E-state index is 0.0421. The summed E-state index contributed by atoms with van der Waals surface area (Å²) in [4.78, 5) is 38.7. The summed E-state index contributed by atoms with van der Waals surface area (Å²) in [6.45, 7) is 11.6. The van der Waals surface area contributed by atoms with Gasteiger partial charge in [-0.1, -0.05) is 26.0 Å². The summed E-state index contributed by atoms with van der Waals surface area (Å²) < 4.78 is 17.4. The number of aliphatic carboxylic acids is 1. The molecule has 5 rings (SSSR count). The molecule has 1 spiro atoms. The zero-order valence-electron chi connectivity index (χ0n) is 20.0. The van der Waals surface area contributed by atoms with Gasteiger partial charge >= 0.3 is 11.9 Å². The van der Waals surface area contributed by atoms with Gasteiger partial charge in [0.1, 0.15) is 17.5 Å². The van der Waals surface area contributed by atoms with Crippen molar-refractivity contribution in [3.05, 3.63) is 36.3 Å². The smallest absolute Gasteiger partial charge is 0.339 e. The number of ether oxygens (including phenoxy) is 2. The van der Waals surface area contributed by atoms with E-state index in [1.54, 1.807) is 12.3 Å². The molecule has 2 aliphatic heterocycles. The third kappa shape index (κ3) is 2.53. The van der Waals surface area contributed by atoms with E-state index in [1.807, 2.05) is 27.7 Å². The van der Waals surface area contributed by atoms with Crippen LogP contribution in [0.3, 0.4) is 0 Å². The number of ketones is 1. The number of carboxylic acid groups (broad SMARTS) is 1. The fourth-order valence-corrected chi connectivity index (χ4v) is 8.21. The SMILES string of the molecule is C=C(C)[C@@H]1CC(=O)[C@]2(C)[C@H](CC[C@@]3(C)[C@H](c4ccoc4)OC(=O)[C@H]4O[C@]432)[C@@]1(C)[C@@H](O)CC(=O)O. The number of aliphatic hydroxyl groups excluding tert-OH is 1. The van der Waals surface area contributed by atoms with Crippen molar-refractivity contribution in [2.24, 2.45) is 28.1 Å². The zero-order valence-corrected chi connectivity index (χ0v) is 20.0. The van der Waals surface area contributed by atoms with Crippen molar-refractivity contribution in [2.45, 2.75) is 77.3 Å². The number of epoxide rings is 1. The Balaban J connectivity index is 1.67. The molecule has 0 unspecified atom stereocenters. The number of allylic oxidation sites excluding steroid dienone is 1. The number of fused-ring (bicyclic) bond motifs is 1. The Morgan fingerprint density at radius 1 is 1.26 bits per heavy atom. The molecule has 2 saturated heterocycles. The van der Waals surface area contributed by atoms with Crippen LogP contribution in [0.1, 0.15) is 65.0 Å². The Labute approximate surface area is 198 Å². The van der Waals surface area contributed by atoms with Gasteiger partial charge in [-0.05, 0) is 44.6 Å². The van der Waals surface area contributed by atoms with E-state index in [0.717, 1.165) is 5.57 Å². The number of rotatable bonds is 5. The lowest BCUT2D eigenvalue weighted by Gasteiger charge is -2.65. The van der Waals surface area contributed by atoms with Crippen LogP contribution in [0.2, 0.25) is 0 Å². The van der Waals surface area contributed by atoms with Crippen molar-refractivity contribution in [3.8, 4) is 0 Å². The maximum Gasteiger partial charge on any atom is 0.339 e. The number of aliphatic hydroxyl groups is 1.